The summed E-state index contributed by atoms with van der Waals surface area (Å²) in [5.74, 6) is -1.24. The van der Waals surface area contributed by atoms with Gasteiger partial charge >= 0.3 is 11.9 Å². The molecule has 0 unspecified atom stereocenters. The van der Waals surface area contributed by atoms with Crippen LogP contribution < -0.4 is 10.6 Å². The van der Waals surface area contributed by atoms with Gasteiger partial charge in [-0.15, -0.1) is 23.1 Å². The lowest BCUT2D eigenvalue weighted by Gasteiger charge is -2.26. The van der Waals surface area contributed by atoms with Crippen LogP contribution in [-0.2, 0) is 14.4 Å². The van der Waals surface area contributed by atoms with Gasteiger partial charge in [0.1, 0.15) is 12.6 Å². The lowest BCUT2D eigenvalue weighted by atomic mass is 9.92. The van der Waals surface area contributed by atoms with Gasteiger partial charge in [0.05, 0.1) is 11.3 Å². The predicted octanol–water partition coefficient (Wildman–Crippen LogP) is 2.42. The van der Waals surface area contributed by atoms with Gasteiger partial charge in [-0.05, 0) is 49.7 Å². The van der Waals surface area contributed by atoms with E-state index in [0.717, 1.165) is 37.2 Å². The van der Waals surface area contributed by atoms with Crippen molar-refractivity contribution in [1.29, 1.82) is 0 Å². The minimum absolute atomic E-state index is 0.0154. The van der Waals surface area contributed by atoms with Crippen LogP contribution in [0, 0.1) is 5.92 Å². The second kappa shape index (κ2) is 12.6. The van der Waals surface area contributed by atoms with E-state index < -0.39 is 24.0 Å². The molecule has 32 heavy (non-hydrogen) atoms. The van der Waals surface area contributed by atoms with E-state index in [4.69, 9.17) is 0 Å². The quantitative estimate of drug-likeness (QED) is 0.354. The van der Waals surface area contributed by atoms with E-state index in [0.29, 0.717) is 24.6 Å². The first-order valence-corrected chi connectivity index (χ1v) is 13.2. The molecule has 8 nitrogen and oxygen atoms in total. The number of hydrogen-bond acceptors (Lipinski definition) is 7. The van der Waals surface area contributed by atoms with Gasteiger partial charge < -0.3 is 20.4 Å². The van der Waals surface area contributed by atoms with Gasteiger partial charge in [0.15, 0.2) is 0 Å². The Morgan fingerprint density at radius 2 is 2.03 bits per heavy atom. The Bertz CT molecular complexity index is 755. The van der Waals surface area contributed by atoms with Gasteiger partial charge in [-0.25, -0.2) is 0 Å². The summed E-state index contributed by atoms with van der Waals surface area (Å²) in [7, 11) is 0. The van der Waals surface area contributed by atoms with Crippen LogP contribution in [0.25, 0.3) is 0 Å². The lowest BCUT2D eigenvalue weighted by Crippen LogP contribution is -2.53. The first-order chi connectivity index (χ1) is 15.4. The molecule has 4 N–H and O–H groups in total. The highest BCUT2D eigenvalue weighted by molar-refractivity contribution is 7.99. The molecule has 2 aliphatic heterocycles. The first-order valence-electron chi connectivity index (χ1n) is 11.3. The van der Waals surface area contributed by atoms with Crippen molar-refractivity contribution in [2.45, 2.75) is 55.9 Å². The SMILES string of the molecule is O=C(O)CN1C[C@@H](c2cccs2)SC[C@H](N[C@@H](CCCCC2CCNCC2)C(=O)O)C1=O. The summed E-state index contributed by atoms with van der Waals surface area (Å²) in [5, 5.41) is 27.4. The van der Waals surface area contributed by atoms with Crippen molar-refractivity contribution in [1.82, 2.24) is 15.5 Å². The molecule has 3 heterocycles. The third-order valence-electron chi connectivity index (χ3n) is 6.16. The highest BCUT2D eigenvalue weighted by Gasteiger charge is 2.35. The topological polar surface area (TPSA) is 119 Å². The van der Waals surface area contributed by atoms with Crippen molar-refractivity contribution in [3.05, 3.63) is 22.4 Å². The van der Waals surface area contributed by atoms with Gasteiger partial charge in [0.2, 0.25) is 5.91 Å². The largest absolute Gasteiger partial charge is 0.480 e. The van der Waals surface area contributed by atoms with Crippen molar-refractivity contribution in [3.8, 4) is 0 Å². The Hall–Kier alpha value is -1.62. The number of carbonyl (C=O) groups is 3. The van der Waals surface area contributed by atoms with E-state index in [2.05, 4.69) is 10.6 Å². The van der Waals surface area contributed by atoms with Crippen LogP contribution in [0.15, 0.2) is 17.5 Å². The Morgan fingerprint density at radius 3 is 2.69 bits per heavy atom. The van der Waals surface area contributed by atoms with E-state index in [-0.39, 0.29) is 17.7 Å². The van der Waals surface area contributed by atoms with Crippen molar-refractivity contribution < 1.29 is 24.6 Å². The Balaban J connectivity index is 1.57. The summed E-state index contributed by atoms with van der Waals surface area (Å²) >= 11 is 3.16. The fraction of sp³-hybridized carbons (Fsp3) is 0.682. The number of amides is 1. The van der Waals surface area contributed by atoms with Gasteiger partial charge in [0, 0.05) is 17.2 Å². The highest BCUT2D eigenvalue weighted by atomic mass is 32.2. The molecule has 0 aromatic carbocycles. The molecule has 0 aliphatic carbocycles. The molecule has 1 aromatic heterocycles. The molecule has 3 atom stereocenters. The fourth-order valence-electron chi connectivity index (χ4n) is 4.39. The van der Waals surface area contributed by atoms with Gasteiger partial charge in [-0.3, -0.25) is 19.7 Å². The van der Waals surface area contributed by atoms with Crippen LogP contribution in [0.3, 0.4) is 0 Å². The van der Waals surface area contributed by atoms with E-state index >= 15 is 0 Å². The number of unbranched alkanes of at least 4 members (excludes halogenated alkanes) is 1. The molecule has 2 aliphatic rings. The average Bonchev–Trinajstić information content (AvgIpc) is 3.26. The van der Waals surface area contributed by atoms with Crippen LogP contribution in [-0.4, -0.2) is 77.0 Å². The fourth-order valence-corrected chi connectivity index (χ4v) is 6.65. The molecule has 2 saturated heterocycles. The average molecular weight is 484 g/mol. The summed E-state index contributed by atoms with van der Waals surface area (Å²) in [6.45, 7) is 2.05. The minimum atomic E-state index is -1.07. The first kappa shape index (κ1) is 25.0. The van der Waals surface area contributed by atoms with Crippen LogP contribution >= 0.6 is 23.1 Å². The third-order valence-corrected chi connectivity index (χ3v) is 8.63. The summed E-state index contributed by atoms with van der Waals surface area (Å²) in [6.07, 6.45) is 5.70. The zero-order valence-electron chi connectivity index (χ0n) is 18.2. The molecule has 0 saturated carbocycles. The molecular formula is C22H33N3O5S2. The van der Waals surface area contributed by atoms with Crippen molar-refractivity contribution in [2.24, 2.45) is 5.92 Å². The Morgan fingerprint density at radius 1 is 1.25 bits per heavy atom. The van der Waals surface area contributed by atoms with E-state index in [1.54, 1.807) is 23.1 Å². The number of thiophene rings is 1. The molecule has 1 aromatic rings. The number of nitrogens with zero attached hydrogens (tertiary/aromatic N) is 1. The van der Waals surface area contributed by atoms with Gasteiger partial charge in [-0.1, -0.05) is 25.3 Å². The number of hydrogen-bond donors (Lipinski definition) is 4. The summed E-state index contributed by atoms with van der Waals surface area (Å²) < 4.78 is 0. The summed E-state index contributed by atoms with van der Waals surface area (Å²) in [5.41, 5.74) is 0. The number of piperidine rings is 1. The molecule has 1 amide bonds. The molecule has 0 spiro atoms. The number of thioether (sulfide) groups is 1. The number of carboxylic acid groups (broad SMARTS) is 2. The smallest absolute Gasteiger partial charge is 0.323 e. The third kappa shape index (κ3) is 7.47. The molecule has 0 bridgehead atoms. The number of carboxylic acids is 2. The second-order valence-corrected chi connectivity index (χ2v) is 10.8. The molecule has 0 radical (unpaired) electrons. The normalized spacial score (nSPS) is 23.6. The minimum Gasteiger partial charge on any atom is -0.480 e. The zero-order chi connectivity index (χ0) is 22.9. The summed E-state index contributed by atoms with van der Waals surface area (Å²) in [4.78, 5) is 38.7. The molecule has 10 heteroatoms. The number of nitrogens with one attached hydrogen (secondary N) is 2. The summed E-state index contributed by atoms with van der Waals surface area (Å²) in [6, 6.07) is 2.40. The molecular weight excluding hydrogens is 450 g/mol. The number of carbonyl (C=O) groups excluding carboxylic acids is 1. The number of rotatable bonds is 11. The number of aliphatic carboxylic acids is 2. The van der Waals surface area contributed by atoms with Crippen LogP contribution in [0.2, 0.25) is 0 Å². The predicted molar refractivity (Wildman–Crippen MR) is 126 cm³/mol. The van der Waals surface area contributed by atoms with Crippen molar-refractivity contribution in [2.75, 3.05) is 31.9 Å². The van der Waals surface area contributed by atoms with Gasteiger partial charge in [0.25, 0.3) is 0 Å². The molecule has 2 fully saturated rings. The van der Waals surface area contributed by atoms with Crippen LogP contribution in [0.1, 0.15) is 48.7 Å². The second-order valence-electron chi connectivity index (χ2n) is 8.54. The van der Waals surface area contributed by atoms with E-state index in [1.807, 2.05) is 17.5 Å². The van der Waals surface area contributed by atoms with Crippen molar-refractivity contribution in [3.63, 3.8) is 0 Å². The van der Waals surface area contributed by atoms with E-state index in [1.165, 1.54) is 17.7 Å². The molecule has 178 valence electrons. The van der Waals surface area contributed by atoms with E-state index in [9.17, 15) is 24.6 Å². The maximum absolute atomic E-state index is 13.1. The monoisotopic (exact) mass is 483 g/mol. The molecule has 3 rings (SSSR count). The lowest BCUT2D eigenvalue weighted by molar-refractivity contribution is -0.146. The van der Waals surface area contributed by atoms with Crippen molar-refractivity contribution >= 4 is 40.9 Å². The standard InChI is InChI=1S/C22H33N3O5S2/c26-20(27)13-25-12-19(18-6-3-11-31-18)32-14-17(21(25)28)24-16(22(29)30)5-2-1-4-15-7-9-23-10-8-15/h3,6,11,15-17,19,23-24H,1-2,4-5,7-10,12-14H2,(H,26,27)(H,29,30)/t16-,17-,19-/m0/s1. The maximum Gasteiger partial charge on any atom is 0.323 e. The van der Waals surface area contributed by atoms with Crippen LogP contribution in [0.5, 0.6) is 0 Å². The maximum atomic E-state index is 13.1. The Labute approximate surface area is 197 Å². The Kier molecular flexibility index (Phi) is 9.83. The zero-order valence-corrected chi connectivity index (χ0v) is 19.8. The highest BCUT2D eigenvalue weighted by Crippen LogP contribution is 2.35. The van der Waals surface area contributed by atoms with Gasteiger partial charge in [-0.2, -0.15) is 0 Å². The van der Waals surface area contributed by atoms with Crippen LogP contribution in [0.4, 0.5) is 0 Å².